The SMILES string of the molecule is CCC(C)c1ccc(NCc2ccoc2C(=O)OC)cc1. The van der Waals surface area contributed by atoms with Crippen molar-refractivity contribution >= 4 is 11.7 Å². The smallest absolute Gasteiger partial charge is 0.374 e. The van der Waals surface area contributed by atoms with Gasteiger partial charge >= 0.3 is 5.97 Å². The van der Waals surface area contributed by atoms with E-state index in [1.807, 2.05) is 0 Å². The number of nitrogens with one attached hydrogen (secondary N) is 1. The maximum absolute atomic E-state index is 11.5. The Morgan fingerprint density at radius 3 is 2.62 bits per heavy atom. The molecule has 4 heteroatoms. The van der Waals surface area contributed by atoms with Crippen molar-refractivity contribution in [3.8, 4) is 0 Å². The Kier molecular flexibility index (Phi) is 5.04. The van der Waals surface area contributed by atoms with Gasteiger partial charge < -0.3 is 14.5 Å². The van der Waals surface area contributed by atoms with Gasteiger partial charge in [-0.3, -0.25) is 0 Å². The highest BCUT2D eigenvalue weighted by atomic mass is 16.5. The standard InChI is InChI=1S/C17H21NO3/c1-4-12(2)13-5-7-15(8-6-13)18-11-14-9-10-21-16(14)17(19)20-3/h5-10,12,18H,4,11H2,1-3H3. The summed E-state index contributed by atoms with van der Waals surface area (Å²) in [5, 5.41) is 3.28. The van der Waals surface area contributed by atoms with Crippen LogP contribution in [0.2, 0.25) is 0 Å². The van der Waals surface area contributed by atoms with Crippen LogP contribution in [0.3, 0.4) is 0 Å². The molecule has 0 bridgehead atoms. The molecule has 1 aromatic carbocycles. The minimum Gasteiger partial charge on any atom is -0.463 e. The normalized spacial score (nSPS) is 12.0. The molecule has 1 aromatic heterocycles. The van der Waals surface area contributed by atoms with Crippen LogP contribution in [0, 0.1) is 0 Å². The first-order chi connectivity index (χ1) is 10.2. The van der Waals surface area contributed by atoms with Crippen molar-refractivity contribution in [1.29, 1.82) is 0 Å². The topological polar surface area (TPSA) is 51.5 Å². The predicted octanol–water partition coefficient (Wildman–Crippen LogP) is 4.19. The van der Waals surface area contributed by atoms with Crippen LogP contribution in [-0.4, -0.2) is 13.1 Å². The number of furan rings is 1. The number of carbonyl (C=O) groups is 1. The number of anilines is 1. The zero-order valence-corrected chi connectivity index (χ0v) is 12.7. The summed E-state index contributed by atoms with van der Waals surface area (Å²) < 4.78 is 9.84. The second-order valence-electron chi connectivity index (χ2n) is 5.05. The van der Waals surface area contributed by atoms with E-state index < -0.39 is 5.97 Å². The number of benzene rings is 1. The van der Waals surface area contributed by atoms with E-state index in [-0.39, 0.29) is 5.76 Å². The van der Waals surface area contributed by atoms with E-state index in [2.05, 4.69) is 48.2 Å². The summed E-state index contributed by atoms with van der Waals surface area (Å²) in [6.45, 7) is 4.92. The molecule has 1 unspecified atom stereocenters. The minimum atomic E-state index is -0.455. The van der Waals surface area contributed by atoms with E-state index in [0.717, 1.165) is 17.7 Å². The molecule has 2 aromatic rings. The van der Waals surface area contributed by atoms with Crippen molar-refractivity contribution in [2.24, 2.45) is 0 Å². The van der Waals surface area contributed by atoms with E-state index in [9.17, 15) is 4.79 Å². The second-order valence-corrected chi connectivity index (χ2v) is 5.05. The largest absolute Gasteiger partial charge is 0.463 e. The Morgan fingerprint density at radius 2 is 2.00 bits per heavy atom. The average molecular weight is 287 g/mol. The summed E-state index contributed by atoms with van der Waals surface area (Å²) in [5.41, 5.74) is 3.13. The molecule has 1 atom stereocenters. The molecule has 0 saturated heterocycles. The van der Waals surface area contributed by atoms with Crippen molar-refractivity contribution < 1.29 is 13.9 Å². The monoisotopic (exact) mass is 287 g/mol. The lowest BCUT2D eigenvalue weighted by molar-refractivity contribution is 0.0563. The first-order valence-corrected chi connectivity index (χ1v) is 7.14. The number of hydrogen-bond acceptors (Lipinski definition) is 4. The van der Waals surface area contributed by atoms with Gasteiger partial charge in [0.25, 0.3) is 0 Å². The van der Waals surface area contributed by atoms with Gasteiger partial charge in [-0.25, -0.2) is 4.79 Å². The van der Waals surface area contributed by atoms with Gasteiger partial charge in [-0.05, 0) is 36.1 Å². The van der Waals surface area contributed by atoms with Gasteiger partial charge in [-0.2, -0.15) is 0 Å². The van der Waals surface area contributed by atoms with Gasteiger partial charge in [0.05, 0.1) is 13.4 Å². The Morgan fingerprint density at radius 1 is 1.29 bits per heavy atom. The van der Waals surface area contributed by atoms with Crippen molar-refractivity contribution in [2.75, 3.05) is 12.4 Å². The van der Waals surface area contributed by atoms with Crippen LogP contribution in [0.1, 0.15) is 47.9 Å². The summed E-state index contributed by atoms with van der Waals surface area (Å²) in [5.74, 6) is 0.365. The van der Waals surface area contributed by atoms with E-state index >= 15 is 0 Å². The summed E-state index contributed by atoms with van der Waals surface area (Å²) in [4.78, 5) is 11.5. The number of esters is 1. The molecule has 0 saturated carbocycles. The zero-order chi connectivity index (χ0) is 15.2. The van der Waals surface area contributed by atoms with Crippen LogP contribution in [0.5, 0.6) is 0 Å². The first kappa shape index (κ1) is 15.2. The van der Waals surface area contributed by atoms with Crippen LogP contribution in [0.25, 0.3) is 0 Å². The number of rotatable bonds is 6. The molecule has 1 heterocycles. The van der Waals surface area contributed by atoms with Gasteiger partial charge in [0.2, 0.25) is 5.76 Å². The summed E-state index contributed by atoms with van der Waals surface area (Å²) in [6.07, 6.45) is 2.62. The quantitative estimate of drug-likeness (QED) is 0.809. The molecular weight excluding hydrogens is 266 g/mol. The van der Waals surface area contributed by atoms with E-state index in [4.69, 9.17) is 4.42 Å². The molecule has 0 aliphatic rings. The lowest BCUT2D eigenvalue weighted by atomic mass is 9.99. The Labute approximate surface area is 125 Å². The van der Waals surface area contributed by atoms with Crippen molar-refractivity contribution in [1.82, 2.24) is 0 Å². The summed E-state index contributed by atoms with van der Waals surface area (Å²) in [7, 11) is 1.34. The number of carbonyl (C=O) groups excluding carboxylic acids is 1. The van der Waals surface area contributed by atoms with Gasteiger partial charge in [0.15, 0.2) is 0 Å². The highest BCUT2D eigenvalue weighted by Gasteiger charge is 2.15. The van der Waals surface area contributed by atoms with Crippen molar-refractivity contribution in [3.63, 3.8) is 0 Å². The maximum atomic E-state index is 11.5. The fourth-order valence-corrected chi connectivity index (χ4v) is 2.11. The molecule has 0 aliphatic carbocycles. The van der Waals surface area contributed by atoms with Crippen molar-refractivity contribution in [2.45, 2.75) is 32.7 Å². The van der Waals surface area contributed by atoms with Crippen LogP contribution in [0.15, 0.2) is 41.0 Å². The third kappa shape index (κ3) is 3.66. The number of ether oxygens (including phenoxy) is 1. The number of hydrogen-bond donors (Lipinski definition) is 1. The molecule has 112 valence electrons. The fraction of sp³-hybridized carbons (Fsp3) is 0.353. The second kappa shape index (κ2) is 6.97. The highest BCUT2D eigenvalue weighted by molar-refractivity contribution is 5.87. The van der Waals surface area contributed by atoms with Crippen LogP contribution in [-0.2, 0) is 11.3 Å². The maximum Gasteiger partial charge on any atom is 0.374 e. The van der Waals surface area contributed by atoms with Gasteiger partial charge in [-0.15, -0.1) is 0 Å². The van der Waals surface area contributed by atoms with Crippen LogP contribution >= 0.6 is 0 Å². The molecule has 0 fully saturated rings. The minimum absolute atomic E-state index is 0.251. The Bertz CT molecular complexity index is 586. The highest BCUT2D eigenvalue weighted by Crippen LogP contribution is 2.21. The predicted molar refractivity (Wildman–Crippen MR) is 82.5 cm³/mol. The average Bonchev–Trinajstić information content (AvgIpc) is 3.00. The molecule has 1 N–H and O–H groups in total. The molecule has 0 aliphatic heterocycles. The van der Waals surface area contributed by atoms with E-state index in [1.165, 1.54) is 18.9 Å². The van der Waals surface area contributed by atoms with Gasteiger partial charge in [0, 0.05) is 17.8 Å². The molecule has 0 radical (unpaired) electrons. The number of methoxy groups -OCH3 is 1. The molecular formula is C17H21NO3. The molecule has 4 nitrogen and oxygen atoms in total. The lowest BCUT2D eigenvalue weighted by Gasteiger charge is -2.11. The van der Waals surface area contributed by atoms with Crippen LogP contribution < -0.4 is 5.32 Å². The van der Waals surface area contributed by atoms with Gasteiger partial charge in [0.1, 0.15) is 0 Å². The third-order valence-electron chi connectivity index (χ3n) is 3.69. The molecule has 2 rings (SSSR count). The lowest BCUT2D eigenvalue weighted by Crippen LogP contribution is -2.06. The zero-order valence-electron chi connectivity index (χ0n) is 12.7. The fourth-order valence-electron chi connectivity index (χ4n) is 2.11. The Hall–Kier alpha value is -2.23. The summed E-state index contributed by atoms with van der Waals surface area (Å²) in [6, 6.07) is 10.1. The molecule has 0 spiro atoms. The third-order valence-corrected chi connectivity index (χ3v) is 3.69. The molecule has 21 heavy (non-hydrogen) atoms. The van der Waals surface area contributed by atoms with E-state index in [0.29, 0.717) is 12.5 Å². The first-order valence-electron chi connectivity index (χ1n) is 7.14. The summed E-state index contributed by atoms with van der Waals surface area (Å²) >= 11 is 0. The molecule has 0 amide bonds. The Balaban J connectivity index is 2.00. The van der Waals surface area contributed by atoms with Crippen molar-refractivity contribution in [3.05, 3.63) is 53.5 Å². The van der Waals surface area contributed by atoms with Crippen LogP contribution in [0.4, 0.5) is 5.69 Å². The van der Waals surface area contributed by atoms with E-state index in [1.54, 1.807) is 6.07 Å². The van der Waals surface area contributed by atoms with Gasteiger partial charge in [-0.1, -0.05) is 26.0 Å².